The number of benzene rings is 1. The Balaban J connectivity index is 1.99. The molecular formula is C27H42ClN3O3Si. The molecule has 1 amide bonds. The molecule has 6 nitrogen and oxygen atoms in total. The zero-order chi connectivity index (χ0) is 25.6. The molecule has 0 saturated carbocycles. The van der Waals surface area contributed by atoms with Crippen LogP contribution >= 0.6 is 11.6 Å². The van der Waals surface area contributed by atoms with Gasteiger partial charge in [0, 0.05) is 20.2 Å². The third-order valence-corrected chi connectivity index (χ3v) is 8.20. The van der Waals surface area contributed by atoms with Crippen molar-refractivity contribution in [2.24, 2.45) is 0 Å². The summed E-state index contributed by atoms with van der Waals surface area (Å²) < 4.78 is 13.6. The van der Waals surface area contributed by atoms with Crippen molar-refractivity contribution in [3.05, 3.63) is 40.8 Å². The number of fused-ring (bicyclic) bond motifs is 4. The van der Waals surface area contributed by atoms with Crippen LogP contribution < -0.4 is 5.32 Å². The van der Waals surface area contributed by atoms with Gasteiger partial charge < -0.3 is 14.8 Å². The summed E-state index contributed by atoms with van der Waals surface area (Å²) in [7, 11) is -1.22. The summed E-state index contributed by atoms with van der Waals surface area (Å²) in [5.41, 5.74) is 2.48. The SMILES string of the molecule is CC(C)(C)OC(=O)NC1CCCCCCc2ccccc2-c2nc1n(COCC[Si](C)(C)C)c2Cl. The average molecular weight is 520 g/mol. The number of imidazole rings is 1. The molecule has 0 radical (unpaired) electrons. The Kier molecular flexibility index (Phi) is 9.46. The fourth-order valence-corrected chi connectivity index (χ4v) is 5.28. The molecule has 1 aromatic heterocycles. The van der Waals surface area contributed by atoms with Crippen LogP contribution in [-0.4, -0.2) is 35.9 Å². The summed E-state index contributed by atoms with van der Waals surface area (Å²) >= 11 is 6.99. The number of nitrogens with zero attached hydrogens (tertiary/aromatic N) is 2. The molecule has 0 aliphatic carbocycles. The lowest BCUT2D eigenvalue weighted by atomic mass is 9.98. The fraction of sp³-hybridized carbons (Fsp3) is 0.630. The van der Waals surface area contributed by atoms with Crippen LogP contribution in [0.4, 0.5) is 4.79 Å². The normalized spacial score (nSPS) is 17.2. The monoisotopic (exact) mass is 519 g/mol. The van der Waals surface area contributed by atoms with Crippen molar-refractivity contribution in [2.45, 2.75) is 103 Å². The second kappa shape index (κ2) is 11.9. The molecule has 1 N–H and O–H groups in total. The Morgan fingerprint density at radius 3 is 2.60 bits per heavy atom. The summed E-state index contributed by atoms with van der Waals surface area (Å²) in [6.07, 6.45) is 5.68. The first-order valence-corrected chi connectivity index (χ1v) is 16.9. The van der Waals surface area contributed by atoms with E-state index < -0.39 is 19.8 Å². The Morgan fingerprint density at radius 2 is 1.89 bits per heavy atom. The number of ether oxygens (including phenoxy) is 2. The number of hydrogen-bond acceptors (Lipinski definition) is 4. The molecule has 0 saturated heterocycles. The van der Waals surface area contributed by atoms with Gasteiger partial charge in [0.1, 0.15) is 29.0 Å². The molecule has 2 bridgehead atoms. The molecule has 1 aliphatic rings. The van der Waals surface area contributed by atoms with Crippen LogP contribution in [0.5, 0.6) is 0 Å². The highest BCUT2D eigenvalue weighted by atomic mass is 35.5. The standard InChI is InChI=1S/C27H42ClN3O3Si/c1-27(2,3)34-26(32)29-22-16-10-8-7-9-13-20-14-11-12-15-21(20)23-24(28)31(25(22)30-23)19-33-17-18-35(4,5)6/h11-12,14-15,22H,7-10,13,16-19H2,1-6H3,(H,29,32). The van der Waals surface area contributed by atoms with Gasteiger partial charge in [0.2, 0.25) is 0 Å². The van der Waals surface area contributed by atoms with Gasteiger partial charge in [0.15, 0.2) is 0 Å². The van der Waals surface area contributed by atoms with E-state index >= 15 is 0 Å². The first-order valence-electron chi connectivity index (χ1n) is 12.9. The first kappa shape index (κ1) is 27.7. The summed E-state index contributed by atoms with van der Waals surface area (Å²) in [5, 5.41) is 3.63. The summed E-state index contributed by atoms with van der Waals surface area (Å²) in [5.74, 6) is 0.722. The summed E-state index contributed by atoms with van der Waals surface area (Å²) in [6, 6.07) is 9.11. The Hall–Kier alpha value is -1.83. The molecule has 194 valence electrons. The molecule has 35 heavy (non-hydrogen) atoms. The van der Waals surface area contributed by atoms with Crippen molar-refractivity contribution >= 4 is 25.8 Å². The number of nitrogens with one attached hydrogen (secondary N) is 1. The molecule has 1 aromatic carbocycles. The molecule has 0 spiro atoms. The summed E-state index contributed by atoms with van der Waals surface area (Å²) in [6.45, 7) is 13.6. The lowest BCUT2D eigenvalue weighted by Gasteiger charge is -2.24. The number of carbonyl (C=O) groups excluding carboxylic acids is 1. The van der Waals surface area contributed by atoms with Crippen LogP contribution in [0.3, 0.4) is 0 Å². The maximum Gasteiger partial charge on any atom is 0.408 e. The topological polar surface area (TPSA) is 65.4 Å². The number of alkyl carbamates (subject to hydrolysis) is 1. The van der Waals surface area contributed by atoms with Gasteiger partial charge in [-0.1, -0.05) is 74.8 Å². The smallest absolute Gasteiger partial charge is 0.408 e. The van der Waals surface area contributed by atoms with Gasteiger partial charge in [-0.05, 0) is 51.6 Å². The van der Waals surface area contributed by atoms with Crippen LogP contribution in [-0.2, 0) is 22.6 Å². The van der Waals surface area contributed by atoms with E-state index in [1.54, 1.807) is 0 Å². The first-order chi connectivity index (χ1) is 16.4. The van der Waals surface area contributed by atoms with Crippen molar-refractivity contribution in [2.75, 3.05) is 6.61 Å². The van der Waals surface area contributed by atoms with E-state index in [1.807, 2.05) is 31.4 Å². The molecule has 8 heteroatoms. The highest BCUT2D eigenvalue weighted by Gasteiger charge is 2.28. The van der Waals surface area contributed by atoms with Gasteiger partial charge in [0.25, 0.3) is 0 Å². The van der Waals surface area contributed by atoms with Gasteiger partial charge in [0.05, 0.1) is 6.04 Å². The van der Waals surface area contributed by atoms with Crippen LogP contribution in [0.2, 0.25) is 30.8 Å². The molecule has 1 aliphatic heterocycles. The predicted octanol–water partition coefficient (Wildman–Crippen LogP) is 7.59. The second-order valence-corrected chi connectivity index (χ2v) is 17.7. The minimum atomic E-state index is -1.22. The maximum absolute atomic E-state index is 12.8. The largest absolute Gasteiger partial charge is 0.444 e. The van der Waals surface area contributed by atoms with Crippen LogP contribution in [0.25, 0.3) is 11.3 Å². The van der Waals surface area contributed by atoms with E-state index in [4.69, 9.17) is 26.1 Å². The number of halogens is 1. The van der Waals surface area contributed by atoms with E-state index in [0.29, 0.717) is 18.5 Å². The Bertz CT molecular complexity index is 995. The summed E-state index contributed by atoms with van der Waals surface area (Å²) in [4.78, 5) is 17.8. The van der Waals surface area contributed by atoms with E-state index in [9.17, 15) is 4.79 Å². The number of amides is 1. The second-order valence-electron chi connectivity index (χ2n) is 11.7. The van der Waals surface area contributed by atoms with E-state index in [1.165, 1.54) is 5.56 Å². The quantitative estimate of drug-likeness (QED) is 0.315. The van der Waals surface area contributed by atoms with E-state index in [-0.39, 0.29) is 6.04 Å². The fourth-order valence-electron chi connectivity index (χ4n) is 4.25. The number of aromatic nitrogens is 2. The third kappa shape index (κ3) is 8.36. The van der Waals surface area contributed by atoms with Crippen molar-refractivity contribution in [3.63, 3.8) is 0 Å². The highest BCUT2D eigenvalue weighted by molar-refractivity contribution is 6.76. The Morgan fingerprint density at radius 1 is 1.17 bits per heavy atom. The highest BCUT2D eigenvalue weighted by Crippen LogP contribution is 2.35. The third-order valence-electron chi connectivity index (χ3n) is 6.12. The number of aryl methyl sites for hydroxylation is 1. The Labute approximate surface area is 216 Å². The molecule has 1 atom stereocenters. The minimum Gasteiger partial charge on any atom is -0.444 e. The lowest BCUT2D eigenvalue weighted by molar-refractivity contribution is 0.0487. The predicted molar refractivity (Wildman–Crippen MR) is 146 cm³/mol. The van der Waals surface area contributed by atoms with Crippen molar-refractivity contribution in [1.29, 1.82) is 0 Å². The molecule has 2 heterocycles. The van der Waals surface area contributed by atoms with E-state index in [2.05, 4.69) is 43.2 Å². The number of rotatable bonds is 6. The zero-order valence-corrected chi connectivity index (χ0v) is 24.0. The van der Waals surface area contributed by atoms with Crippen molar-refractivity contribution < 1.29 is 14.3 Å². The number of hydrogen-bond donors (Lipinski definition) is 1. The molecule has 0 fully saturated rings. The number of carbonyl (C=O) groups is 1. The lowest BCUT2D eigenvalue weighted by Crippen LogP contribution is -2.36. The van der Waals surface area contributed by atoms with Crippen molar-refractivity contribution in [3.8, 4) is 11.3 Å². The zero-order valence-electron chi connectivity index (χ0n) is 22.2. The minimum absolute atomic E-state index is 0.306. The molecular weight excluding hydrogens is 478 g/mol. The van der Waals surface area contributed by atoms with Gasteiger partial charge in [-0.3, -0.25) is 4.57 Å². The van der Waals surface area contributed by atoms with Crippen LogP contribution in [0, 0.1) is 0 Å². The van der Waals surface area contributed by atoms with E-state index in [0.717, 1.165) is 61.7 Å². The van der Waals surface area contributed by atoms with Gasteiger partial charge in [-0.25, -0.2) is 9.78 Å². The maximum atomic E-state index is 12.8. The van der Waals surface area contributed by atoms with Gasteiger partial charge in [-0.15, -0.1) is 0 Å². The van der Waals surface area contributed by atoms with Gasteiger partial charge >= 0.3 is 6.09 Å². The molecule has 3 rings (SSSR count). The van der Waals surface area contributed by atoms with Gasteiger partial charge in [-0.2, -0.15) is 0 Å². The van der Waals surface area contributed by atoms with Crippen LogP contribution in [0.15, 0.2) is 24.3 Å². The average Bonchev–Trinajstić information content (AvgIpc) is 3.06. The van der Waals surface area contributed by atoms with Crippen molar-refractivity contribution in [1.82, 2.24) is 14.9 Å². The molecule has 2 aromatic rings. The van der Waals surface area contributed by atoms with Crippen LogP contribution in [0.1, 0.15) is 70.3 Å². The molecule has 1 unspecified atom stereocenters.